The summed E-state index contributed by atoms with van der Waals surface area (Å²) in [4.78, 5) is 23.5. The Morgan fingerprint density at radius 2 is 1.85 bits per heavy atom. The van der Waals surface area contributed by atoms with Crippen LogP contribution in [0.4, 0.5) is 13.2 Å². The standard InChI is InChI=1S/C19H22F3NO4/c1-13-4-2-3-5-16(13)23-17(24)12-26-18(25)11-8-14-6-9-15(10-7-14)27-19(20,21)22/h6-11,13,16H,2-5,12H2,1H3,(H,23,24)/b11-8+. The van der Waals surface area contributed by atoms with Crippen LogP contribution >= 0.6 is 0 Å². The molecule has 8 heteroatoms. The van der Waals surface area contributed by atoms with Gasteiger partial charge in [-0.3, -0.25) is 4.79 Å². The molecule has 0 heterocycles. The highest BCUT2D eigenvalue weighted by atomic mass is 19.4. The molecule has 1 saturated carbocycles. The summed E-state index contributed by atoms with van der Waals surface area (Å²) < 4.78 is 44.9. The van der Waals surface area contributed by atoms with E-state index in [1.54, 1.807) is 0 Å². The van der Waals surface area contributed by atoms with Gasteiger partial charge in [-0.25, -0.2) is 4.79 Å². The number of amides is 1. The van der Waals surface area contributed by atoms with E-state index in [0.717, 1.165) is 43.9 Å². The van der Waals surface area contributed by atoms with Gasteiger partial charge in [-0.05, 0) is 42.5 Å². The number of carbonyl (C=O) groups is 2. The molecule has 0 spiro atoms. The molecular formula is C19H22F3NO4. The average Bonchev–Trinajstić information content (AvgIpc) is 2.60. The highest BCUT2D eigenvalue weighted by Gasteiger charge is 2.30. The number of benzene rings is 1. The number of nitrogens with one attached hydrogen (secondary N) is 1. The van der Waals surface area contributed by atoms with Crippen LogP contribution in [0.2, 0.25) is 0 Å². The molecule has 0 aliphatic heterocycles. The van der Waals surface area contributed by atoms with Crippen molar-refractivity contribution in [2.75, 3.05) is 6.61 Å². The zero-order chi connectivity index (χ0) is 19.9. The van der Waals surface area contributed by atoms with Crippen LogP contribution in [0.5, 0.6) is 5.75 Å². The van der Waals surface area contributed by atoms with Crippen molar-refractivity contribution in [1.29, 1.82) is 0 Å². The minimum absolute atomic E-state index is 0.109. The normalized spacial score (nSPS) is 20.3. The molecule has 5 nitrogen and oxygen atoms in total. The Bertz CT molecular complexity index is 671. The van der Waals surface area contributed by atoms with Crippen LogP contribution in [0, 0.1) is 5.92 Å². The second-order valence-electron chi connectivity index (χ2n) is 6.49. The number of rotatable bonds is 6. The van der Waals surface area contributed by atoms with E-state index < -0.39 is 12.3 Å². The van der Waals surface area contributed by atoms with Gasteiger partial charge < -0.3 is 14.8 Å². The predicted octanol–water partition coefficient (Wildman–Crippen LogP) is 3.84. The van der Waals surface area contributed by atoms with Crippen LogP contribution in [0.15, 0.2) is 30.3 Å². The van der Waals surface area contributed by atoms with Gasteiger partial charge in [-0.1, -0.05) is 31.9 Å². The monoisotopic (exact) mass is 385 g/mol. The Labute approximate surface area is 155 Å². The third-order valence-electron chi connectivity index (χ3n) is 4.33. The fraction of sp³-hybridized carbons (Fsp3) is 0.474. The molecule has 0 bridgehead atoms. The molecular weight excluding hydrogens is 363 g/mol. The van der Waals surface area contributed by atoms with Gasteiger partial charge >= 0.3 is 12.3 Å². The van der Waals surface area contributed by atoms with Crippen LogP contribution in [-0.4, -0.2) is 30.9 Å². The molecule has 0 aromatic heterocycles. The van der Waals surface area contributed by atoms with Gasteiger partial charge in [0.2, 0.25) is 0 Å². The van der Waals surface area contributed by atoms with Gasteiger partial charge in [-0.2, -0.15) is 0 Å². The molecule has 2 rings (SSSR count). The van der Waals surface area contributed by atoms with Gasteiger partial charge in [-0.15, -0.1) is 13.2 Å². The van der Waals surface area contributed by atoms with E-state index in [2.05, 4.69) is 17.0 Å². The molecule has 0 radical (unpaired) electrons. The summed E-state index contributed by atoms with van der Waals surface area (Å²) in [6.07, 6.45) is 1.96. The van der Waals surface area contributed by atoms with Crippen molar-refractivity contribution in [2.24, 2.45) is 5.92 Å². The molecule has 148 valence electrons. The molecule has 1 amide bonds. The zero-order valence-electron chi connectivity index (χ0n) is 14.9. The van der Waals surface area contributed by atoms with E-state index in [9.17, 15) is 22.8 Å². The Balaban J connectivity index is 1.75. The van der Waals surface area contributed by atoms with Crippen LogP contribution in [0.1, 0.15) is 38.2 Å². The fourth-order valence-corrected chi connectivity index (χ4v) is 2.91. The second-order valence-corrected chi connectivity index (χ2v) is 6.49. The second kappa shape index (κ2) is 9.43. The summed E-state index contributed by atoms with van der Waals surface area (Å²) in [6.45, 7) is 1.72. The molecule has 27 heavy (non-hydrogen) atoms. The first kappa shape index (κ1) is 20.8. The van der Waals surface area contributed by atoms with E-state index in [-0.39, 0.29) is 24.3 Å². The molecule has 1 aliphatic rings. The lowest BCUT2D eigenvalue weighted by Crippen LogP contribution is -2.42. The van der Waals surface area contributed by atoms with E-state index >= 15 is 0 Å². The highest BCUT2D eigenvalue weighted by molar-refractivity contribution is 5.89. The molecule has 0 saturated heterocycles. The van der Waals surface area contributed by atoms with E-state index in [1.807, 2.05) is 0 Å². The Morgan fingerprint density at radius 1 is 1.19 bits per heavy atom. The number of esters is 1. The summed E-state index contributed by atoms with van der Waals surface area (Å²) in [5, 5.41) is 2.88. The maximum Gasteiger partial charge on any atom is 0.573 e. The largest absolute Gasteiger partial charge is 0.573 e. The lowest BCUT2D eigenvalue weighted by Gasteiger charge is -2.29. The van der Waals surface area contributed by atoms with Crippen molar-refractivity contribution in [3.8, 4) is 5.75 Å². The minimum atomic E-state index is -4.75. The number of alkyl halides is 3. The van der Waals surface area contributed by atoms with E-state index in [0.29, 0.717) is 11.5 Å². The van der Waals surface area contributed by atoms with Gasteiger partial charge in [0, 0.05) is 12.1 Å². The number of hydrogen-bond donors (Lipinski definition) is 1. The average molecular weight is 385 g/mol. The Morgan fingerprint density at radius 3 is 2.48 bits per heavy atom. The van der Waals surface area contributed by atoms with Gasteiger partial charge in [0.1, 0.15) is 5.75 Å². The smallest absolute Gasteiger partial charge is 0.452 e. The first-order valence-electron chi connectivity index (χ1n) is 8.73. The van der Waals surface area contributed by atoms with Crippen LogP contribution < -0.4 is 10.1 Å². The summed E-state index contributed by atoms with van der Waals surface area (Å²) >= 11 is 0. The zero-order valence-corrected chi connectivity index (χ0v) is 14.9. The number of halogens is 3. The lowest BCUT2D eigenvalue weighted by atomic mass is 9.86. The summed E-state index contributed by atoms with van der Waals surface area (Å²) in [5.41, 5.74) is 0.488. The molecule has 1 aromatic rings. The van der Waals surface area contributed by atoms with Crippen LogP contribution in [0.25, 0.3) is 6.08 Å². The quantitative estimate of drug-likeness (QED) is 0.597. The number of ether oxygens (including phenoxy) is 2. The maximum atomic E-state index is 12.1. The van der Waals surface area contributed by atoms with Crippen LogP contribution in [-0.2, 0) is 14.3 Å². The van der Waals surface area contributed by atoms with Gasteiger partial charge in [0.05, 0.1) is 0 Å². The molecule has 1 fully saturated rings. The first-order valence-corrected chi connectivity index (χ1v) is 8.73. The third kappa shape index (κ3) is 7.72. The molecule has 2 unspecified atom stereocenters. The summed E-state index contributed by atoms with van der Waals surface area (Å²) in [5.74, 6) is -1.000. The SMILES string of the molecule is CC1CCCCC1NC(=O)COC(=O)/C=C/c1ccc(OC(F)(F)F)cc1. The van der Waals surface area contributed by atoms with Gasteiger partial charge in [0.25, 0.3) is 5.91 Å². The Kier molecular flexibility index (Phi) is 7.27. The van der Waals surface area contributed by atoms with Crippen molar-refractivity contribution >= 4 is 18.0 Å². The van der Waals surface area contributed by atoms with E-state index in [1.165, 1.54) is 18.2 Å². The first-order chi connectivity index (χ1) is 12.7. The fourth-order valence-electron chi connectivity index (χ4n) is 2.91. The molecule has 1 N–H and O–H groups in total. The third-order valence-corrected chi connectivity index (χ3v) is 4.33. The van der Waals surface area contributed by atoms with E-state index in [4.69, 9.17) is 4.74 Å². The summed E-state index contributed by atoms with van der Waals surface area (Å²) in [6, 6.07) is 5.11. The van der Waals surface area contributed by atoms with Crippen molar-refractivity contribution in [1.82, 2.24) is 5.32 Å². The highest BCUT2D eigenvalue weighted by Crippen LogP contribution is 2.24. The van der Waals surface area contributed by atoms with Crippen molar-refractivity contribution in [2.45, 2.75) is 45.0 Å². The van der Waals surface area contributed by atoms with Crippen molar-refractivity contribution in [3.05, 3.63) is 35.9 Å². The molecule has 1 aromatic carbocycles. The van der Waals surface area contributed by atoms with Crippen molar-refractivity contribution in [3.63, 3.8) is 0 Å². The summed E-state index contributed by atoms with van der Waals surface area (Å²) in [7, 11) is 0. The molecule has 1 aliphatic carbocycles. The lowest BCUT2D eigenvalue weighted by molar-refractivity contribution is -0.274. The van der Waals surface area contributed by atoms with Gasteiger partial charge in [0.15, 0.2) is 6.61 Å². The predicted molar refractivity (Wildman–Crippen MR) is 92.7 cm³/mol. The molecule has 2 atom stereocenters. The van der Waals surface area contributed by atoms with Crippen LogP contribution in [0.3, 0.4) is 0 Å². The maximum absolute atomic E-state index is 12.1. The number of carbonyl (C=O) groups excluding carboxylic acids is 2. The minimum Gasteiger partial charge on any atom is -0.452 e. The number of hydrogen-bond acceptors (Lipinski definition) is 4. The topological polar surface area (TPSA) is 64.6 Å². The van der Waals surface area contributed by atoms with Crippen molar-refractivity contribution < 1.29 is 32.2 Å². The Hall–Kier alpha value is -2.51.